The molecule has 0 unspecified atom stereocenters. The molecule has 0 spiro atoms. The SMILES string of the molecule is O=C1OC(c2cccc(I)c2)=NC1=Cc1cc2c(cc1Cl)OCO2. The minimum atomic E-state index is -0.516. The van der Waals surface area contributed by atoms with Gasteiger partial charge in [-0.2, -0.15) is 0 Å². The van der Waals surface area contributed by atoms with Crippen LogP contribution in [-0.2, 0) is 9.53 Å². The number of cyclic esters (lactones) is 1. The fourth-order valence-electron chi connectivity index (χ4n) is 2.34. The molecule has 0 N–H and O–H groups in total. The Hall–Kier alpha value is -2.06. The van der Waals surface area contributed by atoms with E-state index in [1.807, 2.05) is 24.3 Å². The highest BCUT2D eigenvalue weighted by Crippen LogP contribution is 2.38. The maximum atomic E-state index is 12.1. The molecule has 0 saturated heterocycles. The van der Waals surface area contributed by atoms with Gasteiger partial charge in [-0.3, -0.25) is 0 Å². The molecule has 5 nitrogen and oxygen atoms in total. The van der Waals surface area contributed by atoms with Crippen LogP contribution < -0.4 is 9.47 Å². The van der Waals surface area contributed by atoms with Crippen molar-refractivity contribution >= 4 is 52.1 Å². The van der Waals surface area contributed by atoms with Crippen molar-refractivity contribution in [1.29, 1.82) is 0 Å². The number of aliphatic imine (C=N–C) groups is 1. The second-order valence-corrected chi connectivity index (χ2v) is 6.73. The van der Waals surface area contributed by atoms with Crippen molar-refractivity contribution in [2.24, 2.45) is 4.99 Å². The predicted octanol–water partition coefficient (Wildman–Crippen LogP) is 4.02. The van der Waals surface area contributed by atoms with E-state index in [0.717, 1.165) is 9.13 Å². The smallest absolute Gasteiger partial charge is 0.363 e. The molecule has 2 aromatic carbocycles. The quantitative estimate of drug-likeness (QED) is 0.392. The van der Waals surface area contributed by atoms with Gasteiger partial charge in [0.25, 0.3) is 0 Å². The summed E-state index contributed by atoms with van der Waals surface area (Å²) in [4.78, 5) is 16.4. The lowest BCUT2D eigenvalue weighted by molar-refractivity contribution is -0.129. The zero-order valence-electron chi connectivity index (χ0n) is 12.1. The monoisotopic (exact) mass is 453 g/mol. The van der Waals surface area contributed by atoms with E-state index in [-0.39, 0.29) is 18.4 Å². The van der Waals surface area contributed by atoms with Crippen molar-refractivity contribution in [3.8, 4) is 11.5 Å². The molecular weight excluding hydrogens is 445 g/mol. The lowest BCUT2D eigenvalue weighted by Gasteiger charge is -2.01. The topological polar surface area (TPSA) is 57.1 Å². The number of esters is 1. The fourth-order valence-corrected chi connectivity index (χ4v) is 3.10. The van der Waals surface area contributed by atoms with Gasteiger partial charge >= 0.3 is 5.97 Å². The molecule has 0 saturated carbocycles. The Bertz CT molecular complexity index is 923. The highest BCUT2D eigenvalue weighted by atomic mass is 127. The van der Waals surface area contributed by atoms with E-state index in [0.29, 0.717) is 22.1 Å². The fraction of sp³-hybridized carbons (Fsp3) is 0.0588. The molecule has 0 aromatic heterocycles. The molecule has 0 atom stereocenters. The summed E-state index contributed by atoms with van der Waals surface area (Å²) in [7, 11) is 0. The Morgan fingerprint density at radius 3 is 2.75 bits per heavy atom. The molecule has 24 heavy (non-hydrogen) atoms. The first kappa shape index (κ1) is 15.5. The number of carbonyl (C=O) groups is 1. The first-order valence-electron chi connectivity index (χ1n) is 6.98. The van der Waals surface area contributed by atoms with Crippen LogP contribution in [0.2, 0.25) is 5.02 Å². The number of nitrogens with zero attached hydrogens (tertiary/aromatic N) is 1. The van der Waals surface area contributed by atoms with Crippen LogP contribution in [0.5, 0.6) is 11.5 Å². The number of benzene rings is 2. The van der Waals surface area contributed by atoms with Crippen molar-refractivity contribution in [2.45, 2.75) is 0 Å². The van der Waals surface area contributed by atoms with Gasteiger partial charge in [0.05, 0.1) is 5.02 Å². The van der Waals surface area contributed by atoms with Crippen LogP contribution in [0.4, 0.5) is 0 Å². The average molecular weight is 454 g/mol. The molecule has 2 heterocycles. The van der Waals surface area contributed by atoms with Crippen molar-refractivity contribution in [3.05, 3.63) is 61.8 Å². The molecule has 0 radical (unpaired) electrons. The largest absolute Gasteiger partial charge is 0.454 e. The Morgan fingerprint density at radius 1 is 1.17 bits per heavy atom. The molecular formula is C17H9ClINO4. The van der Waals surface area contributed by atoms with Crippen LogP contribution in [0, 0.1) is 3.57 Å². The van der Waals surface area contributed by atoms with Gasteiger partial charge < -0.3 is 14.2 Å². The second kappa shape index (κ2) is 6.10. The number of hydrogen-bond acceptors (Lipinski definition) is 5. The number of ether oxygens (including phenoxy) is 3. The minimum Gasteiger partial charge on any atom is -0.454 e. The number of hydrogen-bond donors (Lipinski definition) is 0. The average Bonchev–Trinajstić information content (AvgIpc) is 3.14. The van der Waals surface area contributed by atoms with Gasteiger partial charge in [-0.25, -0.2) is 9.79 Å². The van der Waals surface area contributed by atoms with Crippen LogP contribution in [0.3, 0.4) is 0 Å². The molecule has 0 amide bonds. The molecule has 0 aliphatic carbocycles. The van der Waals surface area contributed by atoms with Crippen LogP contribution in [-0.4, -0.2) is 18.7 Å². The summed E-state index contributed by atoms with van der Waals surface area (Å²) in [6, 6.07) is 10.9. The van der Waals surface area contributed by atoms with E-state index in [2.05, 4.69) is 27.6 Å². The molecule has 120 valence electrons. The van der Waals surface area contributed by atoms with Crippen molar-refractivity contribution < 1.29 is 19.0 Å². The van der Waals surface area contributed by atoms with E-state index >= 15 is 0 Å². The van der Waals surface area contributed by atoms with Crippen LogP contribution in [0.25, 0.3) is 6.08 Å². The standard InChI is InChI=1S/C17H9ClINO4/c18-12-7-15-14(22-8-23-15)6-10(12)5-13-17(21)24-16(20-13)9-2-1-3-11(19)4-9/h1-7H,8H2. The zero-order valence-corrected chi connectivity index (χ0v) is 15.0. The summed E-state index contributed by atoms with van der Waals surface area (Å²) in [6.45, 7) is 0.155. The van der Waals surface area contributed by atoms with Gasteiger partial charge in [0.1, 0.15) is 0 Å². The number of fused-ring (bicyclic) bond motifs is 1. The van der Waals surface area contributed by atoms with Crippen LogP contribution in [0.15, 0.2) is 47.1 Å². The van der Waals surface area contributed by atoms with Crippen molar-refractivity contribution in [1.82, 2.24) is 0 Å². The van der Waals surface area contributed by atoms with Gasteiger partial charge in [0, 0.05) is 15.2 Å². The molecule has 2 aliphatic rings. The number of carbonyl (C=O) groups excluding carboxylic acids is 1. The first-order valence-corrected chi connectivity index (χ1v) is 8.43. The Kier molecular flexibility index (Phi) is 3.93. The lowest BCUT2D eigenvalue weighted by atomic mass is 10.1. The molecule has 2 aliphatic heterocycles. The predicted molar refractivity (Wildman–Crippen MR) is 97.3 cm³/mol. The highest BCUT2D eigenvalue weighted by molar-refractivity contribution is 14.1. The summed E-state index contributed by atoms with van der Waals surface area (Å²) in [5, 5.41) is 0.442. The summed E-state index contributed by atoms with van der Waals surface area (Å²) in [5.41, 5.74) is 1.54. The van der Waals surface area contributed by atoms with Gasteiger partial charge in [0.15, 0.2) is 17.2 Å². The third-order valence-electron chi connectivity index (χ3n) is 3.48. The lowest BCUT2D eigenvalue weighted by Crippen LogP contribution is -2.05. The van der Waals surface area contributed by atoms with Crippen molar-refractivity contribution in [3.63, 3.8) is 0 Å². The van der Waals surface area contributed by atoms with Crippen molar-refractivity contribution in [2.75, 3.05) is 6.79 Å². The van der Waals surface area contributed by atoms with Crippen LogP contribution in [0.1, 0.15) is 11.1 Å². The molecule has 7 heteroatoms. The molecule has 2 aromatic rings. The maximum absolute atomic E-state index is 12.1. The first-order chi connectivity index (χ1) is 11.6. The minimum absolute atomic E-state index is 0.155. The van der Waals surface area contributed by atoms with Gasteiger partial charge in [-0.1, -0.05) is 17.7 Å². The Morgan fingerprint density at radius 2 is 1.96 bits per heavy atom. The molecule has 4 rings (SSSR count). The summed E-state index contributed by atoms with van der Waals surface area (Å²) in [5.74, 6) is 0.929. The number of halogens is 2. The Labute approximate surface area is 156 Å². The van der Waals surface area contributed by atoms with Crippen LogP contribution >= 0.6 is 34.2 Å². The van der Waals surface area contributed by atoms with E-state index in [1.165, 1.54) is 0 Å². The van der Waals surface area contributed by atoms with E-state index in [9.17, 15) is 4.79 Å². The summed E-state index contributed by atoms with van der Waals surface area (Å²) in [6.07, 6.45) is 1.58. The van der Waals surface area contributed by atoms with Gasteiger partial charge in [0.2, 0.25) is 12.7 Å². The zero-order chi connectivity index (χ0) is 16.7. The second-order valence-electron chi connectivity index (χ2n) is 5.07. The highest BCUT2D eigenvalue weighted by Gasteiger charge is 2.25. The maximum Gasteiger partial charge on any atom is 0.363 e. The van der Waals surface area contributed by atoms with E-state index in [1.54, 1.807) is 18.2 Å². The molecule has 0 fully saturated rings. The van der Waals surface area contributed by atoms with Gasteiger partial charge in [-0.05, 0) is 58.5 Å². The molecule has 0 bridgehead atoms. The third-order valence-corrected chi connectivity index (χ3v) is 4.47. The summed E-state index contributed by atoms with van der Waals surface area (Å²) >= 11 is 8.42. The van der Waals surface area contributed by atoms with E-state index in [4.69, 9.17) is 25.8 Å². The normalized spacial score (nSPS) is 17.2. The third kappa shape index (κ3) is 2.87. The number of rotatable bonds is 2. The summed E-state index contributed by atoms with van der Waals surface area (Å²) < 4.78 is 16.9. The van der Waals surface area contributed by atoms with E-state index < -0.39 is 5.97 Å². The van der Waals surface area contributed by atoms with Gasteiger partial charge in [-0.15, -0.1) is 0 Å². The Balaban J connectivity index is 1.71.